The molecule has 2 aromatic carbocycles. The zero-order chi connectivity index (χ0) is 16.8. The lowest BCUT2D eigenvalue weighted by Gasteiger charge is -2.37. The minimum absolute atomic E-state index is 0.335. The van der Waals surface area contributed by atoms with E-state index in [1.807, 2.05) is 30.3 Å². The standard InChI is InChI=1S/C20H26N2O2/c1-17-6-5-7-18(14-17)22-12-10-21(11-13-22)15-19(23)16-24-20-8-3-2-4-9-20/h2-9,14,19,23H,10-13,15-16H2,1H3/t19-/m1/s1. The lowest BCUT2D eigenvalue weighted by atomic mass is 10.2. The monoisotopic (exact) mass is 326 g/mol. The van der Waals surface area contributed by atoms with Crippen LogP contribution >= 0.6 is 0 Å². The Morgan fingerprint density at radius 1 is 1.00 bits per heavy atom. The predicted octanol–water partition coefficient (Wildman–Crippen LogP) is 2.56. The molecular weight excluding hydrogens is 300 g/mol. The van der Waals surface area contributed by atoms with Crippen molar-refractivity contribution >= 4 is 5.69 Å². The van der Waals surface area contributed by atoms with E-state index in [-0.39, 0.29) is 0 Å². The van der Waals surface area contributed by atoms with Crippen LogP contribution in [0, 0.1) is 6.92 Å². The molecule has 3 rings (SSSR count). The largest absolute Gasteiger partial charge is 0.491 e. The molecule has 0 amide bonds. The molecule has 0 aliphatic carbocycles. The molecule has 24 heavy (non-hydrogen) atoms. The molecule has 0 bridgehead atoms. The third kappa shape index (κ3) is 4.73. The predicted molar refractivity (Wildman–Crippen MR) is 97.8 cm³/mol. The SMILES string of the molecule is Cc1cccc(N2CCN(C[C@@H](O)COc3ccccc3)CC2)c1. The van der Waals surface area contributed by atoms with Gasteiger partial charge in [-0.3, -0.25) is 4.90 Å². The van der Waals surface area contributed by atoms with Crippen LogP contribution in [0.2, 0.25) is 0 Å². The van der Waals surface area contributed by atoms with Crippen LogP contribution < -0.4 is 9.64 Å². The zero-order valence-corrected chi connectivity index (χ0v) is 14.3. The zero-order valence-electron chi connectivity index (χ0n) is 14.3. The average Bonchev–Trinajstić information content (AvgIpc) is 2.61. The van der Waals surface area contributed by atoms with Crippen molar-refractivity contribution in [2.45, 2.75) is 13.0 Å². The Labute approximate surface area is 144 Å². The number of β-amino-alcohol motifs (C(OH)–C–C–N with tert-alkyl or cyclic N) is 1. The molecule has 2 aromatic rings. The fraction of sp³-hybridized carbons (Fsp3) is 0.400. The molecule has 1 fully saturated rings. The van der Waals surface area contributed by atoms with Gasteiger partial charge < -0.3 is 14.7 Å². The summed E-state index contributed by atoms with van der Waals surface area (Å²) in [6, 6.07) is 18.3. The van der Waals surface area contributed by atoms with E-state index in [0.717, 1.165) is 31.9 Å². The average molecular weight is 326 g/mol. The fourth-order valence-electron chi connectivity index (χ4n) is 3.07. The molecule has 4 heteroatoms. The summed E-state index contributed by atoms with van der Waals surface area (Å²) in [5.41, 5.74) is 2.59. The van der Waals surface area contributed by atoms with Gasteiger partial charge in [0.2, 0.25) is 0 Å². The van der Waals surface area contributed by atoms with Crippen molar-refractivity contribution in [1.29, 1.82) is 0 Å². The van der Waals surface area contributed by atoms with Crippen molar-refractivity contribution < 1.29 is 9.84 Å². The number of aryl methyl sites for hydroxylation is 1. The number of aliphatic hydroxyl groups excluding tert-OH is 1. The number of nitrogens with zero attached hydrogens (tertiary/aromatic N) is 2. The quantitative estimate of drug-likeness (QED) is 0.885. The minimum atomic E-state index is -0.462. The summed E-state index contributed by atoms with van der Waals surface area (Å²) in [6.45, 7) is 7.05. The van der Waals surface area contributed by atoms with Crippen molar-refractivity contribution in [2.24, 2.45) is 0 Å². The second-order valence-corrected chi connectivity index (χ2v) is 6.40. The molecule has 128 valence electrons. The first kappa shape index (κ1) is 16.8. The van der Waals surface area contributed by atoms with Crippen molar-refractivity contribution in [1.82, 2.24) is 4.90 Å². The van der Waals surface area contributed by atoms with Crippen molar-refractivity contribution in [3.8, 4) is 5.75 Å². The van der Waals surface area contributed by atoms with Gasteiger partial charge in [-0.1, -0.05) is 30.3 Å². The summed E-state index contributed by atoms with van der Waals surface area (Å²) < 4.78 is 5.63. The Morgan fingerprint density at radius 2 is 1.75 bits per heavy atom. The number of para-hydroxylation sites is 1. The number of rotatable bonds is 6. The minimum Gasteiger partial charge on any atom is -0.491 e. The van der Waals surface area contributed by atoms with E-state index in [0.29, 0.717) is 13.2 Å². The van der Waals surface area contributed by atoms with E-state index in [9.17, 15) is 5.11 Å². The van der Waals surface area contributed by atoms with Gasteiger partial charge in [0.05, 0.1) is 0 Å². The van der Waals surface area contributed by atoms with Gasteiger partial charge in [-0.15, -0.1) is 0 Å². The third-order valence-corrected chi connectivity index (χ3v) is 4.39. The summed E-state index contributed by atoms with van der Waals surface area (Å²) in [7, 11) is 0. The maximum atomic E-state index is 10.2. The number of aliphatic hydroxyl groups is 1. The van der Waals surface area contributed by atoms with Crippen LogP contribution in [0.4, 0.5) is 5.69 Å². The molecule has 1 saturated heterocycles. The van der Waals surface area contributed by atoms with Crippen LogP contribution in [-0.2, 0) is 0 Å². The summed E-state index contributed by atoms with van der Waals surface area (Å²) in [5, 5.41) is 10.2. The third-order valence-electron chi connectivity index (χ3n) is 4.39. The molecule has 1 aliphatic heterocycles. The first-order valence-corrected chi connectivity index (χ1v) is 8.60. The number of ether oxygens (including phenoxy) is 1. The molecule has 0 radical (unpaired) electrons. The van der Waals surface area contributed by atoms with E-state index in [1.54, 1.807) is 0 Å². The summed E-state index contributed by atoms with van der Waals surface area (Å²) in [4.78, 5) is 4.72. The van der Waals surface area contributed by atoms with Gasteiger partial charge in [0.1, 0.15) is 18.5 Å². The summed E-state index contributed by atoms with van der Waals surface area (Å²) in [6.07, 6.45) is -0.462. The van der Waals surface area contributed by atoms with Crippen LogP contribution in [0.5, 0.6) is 5.75 Å². The first-order chi connectivity index (χ1) is 11.7. The van der Waals surface area contributed by atoms with Gasteiger partial charge in [0.25, 0.3) is 0 Å². The molecule has 1 atom stereocenters. The maximum Gasteiger partial charge on any atom is 0.119 e. The number of benzene rings is 2. The first-order valence-electron chi connectivity index (χ1n) is 8.60. The molecular formula is C20H26N2O2. The van der Waals surface area contributed by atoms with Crippen LogP contribution in [0.25, 0.3) is 0 Å². The molecule has 0 saturated carbocycles. The van der Waals surface area contributed by atoms with E-state index in [4.69, 9.17) is 4.74 Å². The lowest BCUT2D eigenvalue weighted by Crippen LogP contribution is -2.49. The van der Waals surface area contributed by atoms with E-state index in [2.05, 4.69) is 41.0 Å². The summed E-state index contributed by atoms with van der Waals surface area (Å²) in [5.74, 6) is 0.806. The highest BCUT2D eigenvalue weighted by atomic mass is 16.5. The molecule has 0 aromatic heterocycles. The highest BCUT2D eigenvalue weighted by Crippen LogP contribution is 2.18. The molecule has 1 heterocycles. The van der Waals surface area contributed by atoms with Crippen molar-refractivity contribution in [3.63, 3.8) is 0 Å². The maximum absolute atomic E-state index is 10.2. The fourth-order valence-corrected chi connectivity index (χ4v) is 3.07. The number of hydrogen-bond donors (Lipinski definition) is 1. The highest BCUT2D eigenvalue weighted by molar-refractivity contribution is 5.48. The van der Waals surface area contributed by atoms with Crippen LogP contribution in [-0.4, -0.2) is 55.4 Å². The lowest BCUT2D eigenvalue weighted by molar-refractivity contribution is 0.0663. The second kappa shape index (κ2) is 8.18. The molecule has 0 unspecified atom stereocenters. The van der Waals surface area contributed by atoms with E-state index in [1.165, 1.54) is 11.3 Å². The van der Waals surface area contributed by atoms with Crippen LogP contribution in [0.15, 0.2) is 54.6 Å². The molecule has 1 aliphatic rings. The number of anilines is 1. The Morgan fingerprint density at radius 3 is 2.46 bits per heavy atom. The molecule has 0 spiro atoms. The van der Waals surface area contributed by atoms with E-state index >= 15 is 0 Å². The molecule has 1 N–H and O–H groups in total. The van der Waals surface area contributed by atoms with Gasteiger partial charge in [-0.2, -0.15) is 0 Å². The second-order valence-electron chi connectivity index (χ2n) is 6.40. The van der Waals surface area contributed by atoms with Crippen LogP contribution in [0.3, 0.4) is 0 Å². The Hall–Kier alpha value is -2.04. The Bertz CT molecular complexity index is 625. The number of piperazine rings is 1. The Balaban J connectivity index is 1.42. The number of hydrogen-bond acceptors (Lipinski definition) is 4. The van der Waals surface area contributed by atoms with Gasteiger partial charge in [0, 0.05) is 38.4 Å². The van der Waals surface area contributed by atoms with Crippen molar-refractivity contribution in [2.75, 3.05) is 44.2 Å². The van der Waals surface area contributed by atoms with Gasteiger partial charge in [-0.25, -0.2) is 0 Å². The highest BCUT2D eigenvalue weighted by Gasteiger charge is 2.19. The summed E-state index contributed by atoms with van der Waals surface area (Å²) >= 11 is 0. The normalized spacial score (nSPS) is 16.8. The van der Waals surface area contributed by atoms with Crippen LogP contribution in [0.1, 0.15) is 5.56 Å². The van der Waals surface area contributed by atoms with Gasteiger partial charge in [0.15, 0.2) is 0 Å². The molecule has 4 nitrogen and oxygen atoms in total. The topological polar surface area (TPSA) is 35.9 Å². The Kier molecular flexibility index (Phi) is 5.72. The van der Waals surface area contributed by atoms with Crippen molar-refractivity contribution in [3.05, 3.63) is 60.2 Å². The van der Waals surface area contributed by atoms with Gasteiger partial charge in [-0.05, 0) is 36.8 Å². The van der Waals surface area contributed by atoms with Gasteiger partial charge >= 0.3 is 0 Å². The smallest absolute Gasteiger partial charge is 0.119 e. The van der Waals surface area contributed by atoms with E-state index < -0.39 is 6.10 Å².